The minimum atomic E-state index is -4.37. The zero-order valence-corrected chi connectivity index (χ0v) is 16.8. The Balaban J connectivity index is 1.99. The molecule has 0 saturated carbocycles. The zero-order chi connectivity index (χ0) is 20.1. The highest BCUT2D eigenvalue weighted by atomic mass is 35.5. The lowest BCUT2D eigenvalue weighted by Crippen LogP contribution is -2.36. The Bertz CT molecular complexity index is 1230. The van der Waals surface area contributed by atoms with Gasteiger partial charge in [0.1, 0.15) is 16.6 Å². The van der Waals surface area contributed by atoms with E-state index in [1.165, 1.54) is 42.5 Å². The summed E-state index contributed by atoms with van der Waals surface area (Å²) in [6, 6.07) is 12.7. The van der Waals surface area contributed by atoms with E-state index in [-0.39, 0.29) is 43.0 Å². The maximum atomic E-state index is 13.4. The second-order valence-electron chi connectivity index (χ2n) is 5.71. The number of amides is 1. The minimum Gasteiger partial charge on any atom is -0.436 e. The number of fused-ring (bicyclic) bond motifs is 2. The van der Waals surface area contributed by atoms with Gasteiger partial charge in [-0.05, 0) is 42.5 Å². The van der Waals surface area contributed by atoms with Crippen molar-refractivity contribution >= 4 is 56.4 Å². The second-order valence-corrected chi connectivity index (χ2v) is 8.70. The summed E-state index contributed by atoms with van der Waals surface area (Å²) in [7, 11) is -4.37. The molecule has 10 heteroatoms. The van der Waals surface area contributed by atoms with Gasteiger partial charge >= 0.3 is 0 Å². The van der Waals surface area contributed by atoms with Crippen LogP contribution >= 0.6 is 34.8 Å². The largest absolute Gasteiger partial charge is 0.436 e. The summed E-state index contributed by atoms with van der Waals surface area (Å²) in [5.41, 5.74) is -0.0167. The standard InChI is InChI=1S/C18H9Cl3N2O4S/c19-12-6-5-10(9-13(12)20)28(25,26)23-14-7-8-16(21)22-17(14)27-15-4-2-1-3-11(15)18(23)24/h1-9H. The van der Waals surface area contributed by atoms with Crippen molar-refractivity contribution in [2.24, 2.45) is 0 Å². The third-order valence-electron chi connectivity index (χ3n) is 3.96. The van der Waals surface area contributed by atoms with E-state index < -0.39 is 15.9 Å². The molecule has 4 rings (SSSR count). The Kier molecular flexibility index (Phi) is 4.71. The summed E-state index contributed by atoms with van der Waals surface area (Å²) in [5, 5.41) is 0.305. The molecular weight excluding hydrogens is 447 g/mol. The molecule has 0 bridgehead atoms. The van der Waals surface area contributed by atoms with Crippen LogP contribution in [0.15, 0.2) is 59.5 Å². The Morgan fingerprint density at radius 1 is 0.929 bits per heavy atom. The number of sulfonamides is 1. The van der Waals surface area contributed by atoms with E-state index in [0.29, 0.717) is 4.31 Å². The highest BCUT2D eigenvalue weighted by molar-refractivity contribution is 7.93. The quantitative estimate of drug-likeness (QED) is 0.497. The summed E-state index contributed by atoms with van der Waals surface area (Å²) in [5.74, 6) is -0.755. The number of pyridine rings is 1. The van der Waals surface area contributed by atoms with Gasteiger partial charge in [0.2, 0.25) is 5.88 Å². The lowest BCUT2D eigenvalue weighted by atomic mass is 10.2. The number of carbonyl (C=O) groups is 1. The number of para-hydroxylation sites is 1. The van der Waals surface area contributed by atoms with Crippen molar-refractivity contribution in [3.05, 3.63) is 75.4 Å². The van der Waals surface area contributed by atoms with Gasteiger partial charge in [0.25, 0.3) is 15.9 Å². The van der Waals surface area contributed by atoms with Gasteiger partial charge < -0.3 is 4.74 Å². The van der Waals surface area contributed by atoms with Crippen LogP contribution in [-0.2, 0) is 10.0 Å². The third-order valence-corrected chi connectivity index (χ3v) is 6.61. The number of ether oxygens (including phenoxy) is 1. The number of hydrogen-bond donors (Lipinski definition) is 0. The number of anilines is 1. The van der Waals surface area contributed by atoms with Crippen molar-refractivity contribution in [2.75, 3.05) is 4.31 Å². The first kappa shape index (κ1) is 19.0. The molecule has 2 aromatic carbocycles. The van der Waals surface area contributed by atoms with Gasteiger partial charge in [-0.3, -0.25) is 4.79 Å². The molecule has 1 amide bonds. The fourth-order valence-corrected chi connectivity index (χ4v) is 4.61. The van der Waals surface area contributed by atoms with Crippen molar-refractivity contribution in [1.29, 1.82) is 0 Å². The molecule has 0 fully saturated rings. The van der Waals surface area contributed by atoms with E-state index in [2.05, 4.69) is 4.98 Å². The van der Waals surface area contributed by atoms with E-state index in [1.807, 2.05) is 0 Å². The highest BCUT2D eigenvalue weighted by Crippen LogP contribution is 2.41. The smallest absolute Gasteiger partial charge is 0.276 e. The molecule has 2 heterocycles. The van der Waals surface area contributed by atoms with Crippen LogP contribution in [0, 0.1) is 0 Å². The highest BCUT2D eigenvalue weighted by Gasteiger charge is 2.38. The van der Waals surface area contributed by atoms with Gasteiger partial charge in [-0.25, -0.2) is 8.42 Å². The molecule has 3 aromatic rings. The lowest BCUT2D eigenvalue weighted by Gasteiger charge is -2.21. The average molecular weight is 456 g/mol. The number of carbonyl (C=O) groups excluding carboxylic acids is 1. The topological polar surface area (TPSA) is 76.6 Å². The van der Waals surface area contributed by atoms with E-state index in [1.54, 1.807) is 12.1 Å². The van der Waals surface area contributed by atoms with Crippen LogP contribution in [0.25, 0.3) is 0 Å². The summed E-state index contributed by atoms with van der Waals surface area (Å²) in [6.45, 7) is 0. The van der Waals surface area contributed by atoms with E-state index >= 15 is 0 Å². The molecule has 1 aliphatic heterocycles. The summed E-state index contributed by atoms with van der Waals surface area (Å²) < 4.78 is 33.0. The molecule has 0 atom stereocenters. The van der Waals surface area contributed by atoms with Crippen LogP contribution in [0.5, 0.6) is 11.6 Å². The average Bonchev–Trinajstić information content (AvgIpc) is 2.78. The second kappa shape index (κ2) is 6.93. The van der Waals surface area contributed by atoms with E-state index in [4.69, 9.17) is 39.5 Å². The molecule has 0 saturated heterocycles. The maximum absolute atomic E-state index is 13.4. The Hall–Kier alpha value is -2.32. The molecule has 0 spiro atoms. The molecule has 0 aliphatic carbocycles. The number of hydrogen-bond acceptors (Lipinski definition) is 5. The number of nitrogens with zero attached hydrogens (tertiary/aromatic N) is 2. The van der Waals surface area contributed by atoms with Crippen LogP contribution < -0.4 is 9.04 Å². The first-order valence-corrected chi connectivity index (χ1v) is 10.3. The Labute approximate surface area is 175 Å². The van der Waals surface area contributed by atoms with Crippen molar-refractivity contribution in [3.63, 3.8) is 0 Å². The van der Waals surface area contributed by atoms with Crippen LogP contribution in [0.2, 0.25) is 15.2 Å². The summed E-state index contributed by atoms with van der Waals surface area (Å²) in [4.78, 5) is 17.0. The van der Waals surface area contributed by atoms with Gasteiger partial charge in [-0.1, -0.05) is 46.9 Å². The van der Waals surface area contributed by atoms with E-state index in [0.717, 1.165) is 0 Å². The fraction of sp³-hybridized carbons (Fsp3) is 0. The summed E-state index contributed by atoms with van der Waals surface area (Å²) >= 11 is 17.8. The molecule has 6 nitrogen and oxygen atoms in total. The predicted molar refractivity (Wildman–Crippen MR) is 106 cm³/mol. The molecule has 142 valence electrons. The molecular formula is C18H9Cl3N2O4S. The van der Waals surface area contributed by atoms with Crippen LogP contribution in [0.4, 0.5) is 5.69 Å². The molecule has 28 heavy (non-hydrogen) atoms. The lowest BCUT2D eigenvalue weighted by molar-refractivity contribution is 0.101. The van der Waals surface area contributed by atoms with Gasteiger partial charge in [-0.2, -0.15) is 9.29 Å². The van der Waals surface area contributed by atoms with Crippen LogP contribution in [-0.4, -0.2) is 19.3 Å². The SMILES string of the molecule is O=C1c2ccccc2Oc2nc(Cl)ccc2N1S(=O)(=O)c1ccc(Cl)c(Cl)c1. The molecule has 0 unspecified atom stereocenters. The molecule has 1 aliphatic rings. The van der Waals surface area contributed by atoms with Crippen LogP contribution in [0.1, 0.15) is 10.4 Å². The van der Waals surface area contributed by atoms with Gasteiger partial charge in [0, 0.05) is 0 Å². The van der Waals surface area contributed by atoms with Gasteiger partial charge in [-0.15, -0.1) is 0 Å². The number of halogens is 3. The molecule has 1 aromatic heterocycles. The normalized spacial score (nSPS) is 13.4. The van der Waals surface area contributed by atoms with Crippen molar-refractivity contribution in [2.45, 2.75) is 4.90 Å². The minimum absolute atomic E-state index is 0.0381. The van der Waals surface area contributed by atoms with Crippen LogP contribution in [0.3, 0.4) is 0 Å². The monoisotopic (exact) mass is 454 g/mol. The number of benzene rings is 2. The van der Waals surface area contributed by atoms with E-state index in [9.17, 15) is 13.2 Å². The first-order chi connectivity index (χ1) is 13.3. The molecule has 0 N–H and O–H groups in total. The third kappa shape index (κ3) is 3.10. The van der Waals surface area contributed by atoms with Crippen molar-refractivity contribution < 1.29 is 17.9 Å². The number of aromatic nitrogens is 1. The first-order valence-electron chi connectivity index (χ1n) is 7.77. The van der Waals surface area contributed by atoms with Gasteiger partial charge in [0.15, 0.2) is 0 Å². The number of rotatable bonds is 2. The zero-order valence-electron chi connectivity index (χ0n) is 13.8. The Morgan fingerprint density at radius 3 is 2.43 bits per heavy atom. The Morgan fingerprint density at radius 2 is 1.68 bits per heavy atom. The van der Waals surface area contributed by atoms with Crippen molar-refractivity contribution in [1.82, 2.24) is 4.98 Å². The van der Waals surface area contributed by atoms with Crippen molar-refractivity contribution in [3.8, 4) is 11.6 Å². The summed E-state index contributed by atoms with van der Waals surface area (Å²) in [6.07, 6.45) is 0. The predicted octanol–water partition coefficient (Wildman–Crippen LogP) is 5.18. The molecule has 0 radical (unpaired) electrons. The fourth-order valence-electron chi connectivity index (χ4n) is 2.68. The maximum Gasteiger partial charge on any atom is 0.276 e. The van der Waals surface area contributed by atoms with Gasteiger partial charge in [0.05, 0.1) is 20.5 Å².